The van der Waals surface area contributed by atoms with E-state index in [1.165, 1.54) is 48.1 Å². The first-order valence-corrected chi connectivity index (χ1v) is 20.8. The molecule has 0 fully saturated rings. The molecular weight excluding hydrogens is 809 g/mol. The third-order valence-electron chi connectivity index (χ3n) is 8.59. The molecule has 1 radical (unpaired) electrons. The monoisotopic (exact) mass is 857 g/mol. The van der Waals surface area contributed by atoms with E-state index in [1.807, 2.05) is 49.7 Å². The topological polar surface area (TPSA) is 25.8 Å². The third-order valence-corrected chi connectivity index (χ3v) is 11.8. The molecule has 0 saturated carbocycles. The second-order valence-electron chi connectivity index (χ2n) is 13.7. The second kappa shape index (κ2) is 15.4. The normalized spacial score (nSPS) is 13.1. The van der Waals surface area contributed by atoms with Crippen molar-refractivity contribution in [1.82, 2.24) is 9.97 Å². The molecule has 0 aliphatic heterocycles. The third kappa shape index (κ3) is 8.03. The fourth-order valence-electron chi connectivity index (χ4n) is 5.98. The maximum atomic E-state index is 8.48. The van der Waals surface area contributed by atoms with Crippen molar-refractivity contribution in [3.63, 3.8) is 0 Å². The predicted octanol–water partition coefficient (Wildman–Crippen LogP) is 12.2. The van der Waals surface area contributed by atoms with E-state index in [0.717, 1.165) is 28.1 Å². The molecule has 0 aliphatic carbocycles. The summed E-state index contributed by atoms with van der Waals surface area (Å²) in [6.45, 7) is 12.8. The molecule has 2 nitrogen and oxygen atoms in total. The van der Waals surface area contributed by atoms with Crippen LogP contribution in [0.4, 0.5) is 0 Å². The average Bonchev–Trinajstić information content (AvgIpc) is 3.50. The average molecular weight is 857 g/mol. The van der Waals surface area contributed by atoms with Gasteiger partial charge in [-0.3, -0.25) is 0 Å². The largest absolute Gasteiger partial charge is 0.305 e. The Morgan fingerprint density at radius 2 is 1.63 bits per heavy atom. The van der Waals surface area contributed by atoms with Crippen LogP contribution in [0.15, 0.2) is 109 Å². The minimum atomic E-state index is -2.13. The van der Waals surface area contributed by atoms with Crippen molar-refractivity contribution < 1.29 is 25.6 Å². The number of hydrogen-bond acceptors (Lipinski definition) is 3. The SMILES string of the molecule is CC(C)c1ccnc(-c2[c-]ccc3c2sc2cccc(-c4ccccc4)c23)c1.[2H]C([2H])([2H])c1c[c-]c(-c2cc(C([2H])(C)C)c([Si](C)(C)C)cn2)cc1.[Ir]. The van der Waals surface area contributed by atoms with Gasteiger partial charge in [0.2, 0.25) is 0 Å². The van der Waals surface area contributed by atoms with Crippen molar-refractivity contribution in [2.45, 2.75) is 66.0 Å². The van der Waals surface area contributed by atoms with Crippen LogP contribution >= 0.6 is 11.3 Å². The molecule has 0 spiro atoms. The van der Waals surface area contributed by atoms with Gasteiger partial charge in [-0.1, -0.05) is 125 Å². The van der Waals surface area contributed by atoms with E-state index in [4.69, 9.17) is 5.48 Å². The molecule has 0 bridgehead atoms. The van der Waals surface area contributed by atoms with Gasteiger partial charge < -0.3 is 9.97 Å². The van der Waals surface area contributed by atoms with Crippen molar-refractivity contribution in [2.75, 3.05) is 0 Å². The van der Waals surface area contributed by atoms with Crippen LogP contribution in [0.1, 0.15) is 61.7 Å². The number of fused-ring (bicyclic) bond motifs is 3. The predicted molar refractivity (Wildman–Crippen MR) is 211 cm³/mol. The van der Waals surface area contributed by atoms with E-state index in [0.29, 0.717) is 5.92 Å². The van der Waals surface area contributed by atoms with Crippen molar-refractivity contribution in [2.24, 2.45) is 0 Å². The Kier molecular flexibility index (Phi) is 9.85. The number of rotatable bonds is 6. The van der Waals surface area contributed by atoms with Crippen LogP contribution in [0.2, 0.25) is 19.6 Å². The maximum absolute atomic E-state index is 8.48. The molecule has 4 aromatic carbocycles. The first kappa shape index (κ1) is 31.3. The zero-order valence-electron chi connectivity index (χ0n) is 33.1. The summed E-state index contributed by atoms with van der Waals surface area (Å²) in [5, 5.41) is 3.79. The molecule has 0 aliphatic rings. The van der Waals surface area contributed by atoms with Gasteiger partial charge in [0.25, 0.3) is 0 Å². The van der Waals surface area contributed by atoms with Gasteiger partial charge in [0.15, 0.2) is 0 Å². The molecule has 7 rings (SSSR count). The van der Waals surface area contributed by atoms with Crippen LogP contribution in [0.25, 0.3) is 53.8 Å². The summed E-state index contributed by atoms with van der Waals surface area (Å²) in [5.41, 5.74) is 8.67. The van der Waals surface area contributed by atoms with Crippen LogP contribution in [0.5, 0.6) is 0 Å². The van der Waals surface area contributed by atoms with Gasteiger partial charge in [-0.25, -0.2) is 0 Å². The van der Waals surface area contributed by atoms with E-state index in [1.54, 1.807) is 12.1 Å². The van der Waals surface area contributed by atoms with E-state index in [9.17, 15) is 0 Å². The molecule has 0 atom stereocenters. The Morgan fingerprint density at radius 1 is 0.837 bits per heavy atom. The number of aromatic nitrogens is 2. The number of hydrogen-bond donors (Lipinski definition) is 0. The van der Waals surface area contributed by atoms with E-state index in [2.05, 4.69) is 122 Å². The fourth-order valence-corrected chi connectivity index (χ4v) is 8.80. The molecule has 0 saturated heterocycles. The smallest absolute Gasteiger partial charge is 0.0799 e. The van der Waals surface area contributed by atoms with Crippen molar-refractivity contribution in [3.8, 4) is 33.6 Å². The van der Waals surface area contributed by atoms with Crippen LogP contribution in [0, 0.1) is 19.0 Å². The van der Waals surface area contributed by atoms with Gasteiger partial charge in [0.05, 0.1) is 8.07 Å². The molecule has 7 aromatic rings. The molecule has 5 heteroatoms. The number of aryl methyl sites for hydroxylation is 1. The Balaban J connectivity index is 0.000000203. The Morgan fingerprint density at radius 3 is 2.31 bits per heavy atom. The number of nitrogens with zero attached hydrogens (tertiary/aromatic N) is 2. The standard InChI is InChI=1S/C26H20NS.C18H24NSi.Ir/c1-17(2)19-14-15-27-23(16-19)21-11-6-12-22-25-20(18-8-4-3-5-9-18)10-7-13-24(25)28-26(21)22;1-13(2)16-11-17(15-9-7-14(3)8-10-15)19-12-18(16)20(4,5)6;/h3-10,12-17H,1-2H3;7-9,11-13H,1-6H3;/q2*-1;/i;3D3,13D;. The molecule has 3 heterocycles. The Labute approximate surface area is 316 Å². The summed E-state index contributed by atoms with van der Waals surface area (Å²) in [4.78, 5) is 9.23. The molecule has 251 valence electrons. The van der Waals surface area contributed by atoms with E-state index >= 15 is 0 Å². The first-order valence-electron chi connectivity index (χ1n) is 18.4. The van der Waals surface area contributed by atoms with Gasteiger partial charge in [-0.2, -0.15) is 11.3 Å². The minimum Gasteiger partial charge on any atom is -0.305 e. The molecular formula is C44H44IrN2SSi-2. The van der Waals surface area contributed by atoms with Crippen molar-refractivity contribution >= 4 is 44.8 Å². The Hall–Kier alpha value is -3.73. The molecule has 0 N–H and O–H groups in total. The fraction of sp³-hybridized carbons (Fsp3) is 0.227. The van der Waals surface area contributed by atoms with Gasteiger partial charge in [0, 0.05) is 42.7 Å². The summed E-state index contributed by atoms with van der Waals surface area (Å²) >= 11 is 1.83. The van der Waals surface area contributed by atoms with E-state index in [-0.39, 0.29) is 25.7 Å². The van der Waals surface area contributed by atoms with Crippen molar-refractivity contribution in [3.05, 3.63) is 138 Å². The summed E-state index contributed by atoms with van der Waals surface area (Å²) in [6, 6.07) is 39.0. The maximum Gasteiger partial charge on any atom is 0.0799 e. The van der Waals surface area contributed by atoms with Gasteiger partial charge in [-0.15, -0.1) is 59.2 Å². The van der Waals surface area contributed by atoms with Gasteiger partial charge in [-0.05, 0) is 61.7 Å². The van der Waals surface area contributed by atoms with Crippen molar-refractivity contribution in [1.29, 1.82) is 0 Å². The minimum absolute atomic E-state index is 0. The summed E-state index contributed by atoms with van der Waals surface area (Å²) in [5.74, 6) is -0.237. The Bertz CT molecular complexity index is 2340. The number of pyridine rings is 2. The number of thiophene rings is 1. The van der Waals surface area contributed by atoms with Crippen LogP contribution in [-0.4, -0.2) is 18.0 Å². The summed E-state index contributed by atoms with van der Waals surface area (Å²) in [7, 11) is -1.61. The zero-order valence-corrected chi connectivity index (χ0v) is 33.3. The zero-order chi connectivity index (χ0) is 37.4. The summed E-state index contributed by atoms with van der Waals surface area (Å²) < 4.78 is 33.4. The van der Waals surface area contributed by atoms with Crippen LogP contribution < -0.4 is 5.19 Å². The second-order valence-corrected chi connectivity index (χ2v) is 19.8. The number of benzene rings is 4. The molecule has 0 amide bonds. The van der Waals surface area contributed by atoms with Crippen LogP contribution in [0.3, 0.4) is 0 Å². The summed E-state index contributed by atoms with van der Waals surface area (Å²) in [6.07, 6.45) is 3.80. The molecule has 49 heavy (non-hydrogen) atoms. The molecule has 3 aromatic heterocycles. The molecule has 0 unspecified atom stereocenters. The quantitative estimate of drug-likeness (QED) is 0.123. The van der Waals surface area contributed by atoms with Crippen LogP contribution in [-0.2, 0) is 20.1 Å². The van der Waals surface area contributed by atoms with E-state index < -0.39 is 20.8 Å². The van der Waals surface area contributed by atoms with Gasteiger partial charge >= 0.3 is 0 Å². The first-order chi connectivity index (χ1) is 24.5. The van der Waals surface area contributed by atoms with Gasteiger partial charge in [0.1, 0.15) is 0 Å².